The lowest BCUT2D eigenvalue weighted by Crippen LogP contribution is -1.99. The molecule has 1 saturated carbocycles. The van der Waals surface area contributed by atoms with Crippen LogP contribution in [0.4, 0.5) is 5.13 Å². The second-order valence-electron chi connectivity index (χ2n) is 5.62. The first-order valence-electron chi connectivity index (χ1n) is 7.26. The topological polar surface area (TPSA) is 55.6 Å². The number of aryl methyl sites for hydroxylation is 2. The van der Waals surface area contributed by atoms with Gasteiger partial charge in [0.25, 0.3) is 0 Å². The molecule has 1 fully saturated rings. The summed E-state index contributed by atoms with van der Waals surface area (Å²) in [5.41, 5.74) is 2.27. The maximum absolute atomic E-state index is 4.34. The Balaban J connectivity index is 1.55. The van der Waals surface area contributed by atoms with Crippen molar-refractivity contribution in [3.63, 3.8) is 0 Å². The minimum Gasteiger partial charge on any atom is -0.356 e. The van der Waals surface area contributed by atoms with Crippen molar-refractivity contribution in [1.82, 2.24) is 20.0 Å². The summed E-state index contributed by atoms with van der Waals surface area (Å²) >= 11 is 1.69. The molecule has 0 radical (unpaired) electrons. The SMILES string of the molecule is Cc1nn(C)cc1CNc1nnc(CC2CCCC2)s1. The first-order chi connectivity index (χ1) is 9.70. The number of anilines is 1. The number of hydrogen-bond acceptors (Lipinski definition) is 5. The van der Waals surface area contributed by atoms with Gasteiger partial charge in [0.05, 0.1) is 5.69 Å². The van der Waals surface area contributed by atoms with Crippen LogP contribution in [0.2, 0.25) is 0 Å². The summed E-state index contributed by atoms with van der Waals surface area (Å²) in [7, 11) is 1.95. The first-order valence-corrected chi connectivity index (χ1v) is 8.08. The Bertz CT molecular complexity index is 568. The molecule has 1 N–H and O–H groups in total. The predicted octanol–water partition coefficient (Wildman–Crippen LogP) is 2.92. The molecule has 0 spiro atoms. The van der Waals surface area contributed by atoms with Gasteiger partial charge in [-0.2, -0.15) is 5.10 Å². The summed E-state index contributed by atoms with van der Waals surface area (Å²) < 4.78 is 1.85. The lowest BCUT2D eigenvalue weighted by molar-refractivity contribution is 0.542. The van der Waals surface area contributed by atoms with Gasteiger partial charge in [0, 0.05) is 31.8 Å². The van der Waals surface area contributed by atoms with Gasteiger partial charge in [-0.25, -0.2) is 0 Å². The number of hydrogen-bond donors (Lipinski definition) is 1. The van der Waals surface area contributed by atoms with Crippen molar-refractivity contribution in [2.75, 3.05) is 5.32 Å². The van der Waals surface area contributed by atoms with E-state index in [2.05, 4.69) is 20.6 Å². The van der Waals surface area contributed by atoms with Crippen LogP contribution in [0.1, 0.15) is 41.9 Å². The molecule has 108 valence electrons. The molecule has 20 heavy (non-hydrogen) atoms. The van der Waals surface area contributed by atoms with E-state index < -0.39 is 0 Å². The quantitative estimate of drug-likeness (QED) is 0.920. The Morgan fingerprint density at radius 1 is 1.35 bits per heavy atom. The second kappa shape index (κ2) is 5.91. The highest BCUT2D eigenvalue weighted by Gasteiger charge is 2.17. The molecule has 0 bridgehead atoms. The van der Waals surface area contributed by atoms with Crippen molar-refractivity contribution in [2.45, 2.75) is 45.6 Å². The van der Waals surface area contributed by atoms with Crippen molar-refractivity contribution in [3.8, 4) is 0 Å². The highest BCUT2D eigenvalue weighted by molar-refractivity contribution is 7.15. The van der Waals surface area contributed by atoms with E-state index in [1.807, 2.05) is 24.9 Å². The Morgan fingerprint density at radius 2 is 2.15 bits per heavy atom. The molecule has 3 rings (SSSR count). The fourth-order valence-electron chi connectivity index (χ4n) is 2.86. The van der Waals surface area contributed by atoms with E-state index in [0.717, 1.165) is 29.7 Å². The van der Waals surface area contributed by atoms with E-state index in [1.165, 1.54) is 36.3 Å². The maximum atomic E-state index is 4.34. The third kappa shape index (κ3) is 3.17. The molecular weight excluding hydrogens is 270 g/mol. The summed E-state index contributed by atoms with van der Waals surface area (Å²) in [6.45, 7) is 2.79. The van der Waals surface area contributed by atoms with Crippen LogP contribution in [-0.2, 0) is 20.0 Å². The van der Waals surface area contributed by atoms with Gasteiger partial charge in [0.15, 0.2) is 0 Å². The van der Waals surface area contributed by atoms with E-state index in [-0.39, 0.29) is 0 Å². The molecule has 0 saturated heterocycles. The molecule has 0 aromatic carbocycles. The lowest BCUT2D eigenvalue weighted by atomic mass is 10.1. The van der Waals surface area contributed by atoms with Crippen LogP contribution in [0.3, 0.4) is 0 Å². The van der Waals surface area contributed by atoms with Crippen molar-refractivity contribution in [2.24, 2.45) is 13.0 Å². The smallest absolute Gasteiger partial charge is 0.205 e. The molecular formula is C14H21N5S. The number of nitrogens with zero attached hydrogens (tertiary/aromatic N) is 4. The zero-order valence-electron chi connectivity index (χ0n) is 12.1. The fraction of sp³-hybridized carbons (Fsp3) is 0.643. The number of nitrogens with one attached hydrogen (secondary N) is 1. The van der Waals surface area contributed by atoms with Crippen LogP contribution in [0.5, 0.6) is 0 Å². The van der Waals surface area contributed by atoms with Gasteiger partial charge < -0.3 is 5.32 Å². The van der Waals surface area contributed by atoms with Crippen LogP contribution in [0, 0.1) is 12.8 Å². The highest BCUT2D eigenvalue weighted by atomic mass is 32.1. The molecule has 1 aliphatic rings. The Labute approximate surface area is 123 Å². The minimum absolute atomic E-state index is 0.762. The average molecular weight is 291 g/mol. The van der Waals surface area contributed by atoms with Gasteiger partial charge in [-0.05, 0) is 12.8 Å². The molecule has 5 nitrogen and oxygen atoms in total. The number of aromatic nitrogens is 4. The van der Waals surface area contributed by atoms with Crippen molar-refractivity contribution in [3.05, 3.63) is 22.5 Å². The predicted molar refractivity (Wildman–Crippen MR) is 80.8 cm³/mol. The van der Waals surface area contributed by atoms with Gasteiger partial charge in [0.1, 0.15) is 5.01 Å². The summed E-state index contributed by atoms with van der Waals surface area (Å²) in [5, 5.41) is 18.3. The van der Waals surface area contributed by atoms with Gasteiger partial charge in [0.2, 0.25) is 5.13 Å². The van der Waals surface area contributed by atoms with Crippen LogP contribution >= 0.6 is 11.3 Å². The Kier molecular flexibility index (Phi) is 4.00. The van der Waals surface area contributed by atoms with E-state index >= 15 is 0 Å². The summed E-state index contributed by atoms with van der Waals surface area (Å²) in [4.78, 5) is 0. The molecule has 0 atom stereocenters. The molecule has 2 aromatic heterocycles. The normalized spacial score (nSPS) is 15.9. The van der Waals surface area contributed by atoms with Crippen LogP contribution in [-0.4, -0.2) is 20.0 Å². The Hall–Kier alpha value is -1.43. The average Bonchev–Trinajstić information content (AvgIpc) is 3.11. The summed E-state index contributed by atoms with van der Waals surface area (Å²) in [6.07, 6.45) is 8.63. The first kappa shape index (κ1) is 13.5. The molecule has 0 unspecified atom stereocenters. The van der Waals surface area contributed by atoms with E-state index in [9.17, 15) is 0 Å². The zero-order valence-corrected chi connectivity index (χ0v) is 12.9. The molecule has 2 aromatic rings. The highest BCUT2D eigenvalue weighted by Crippen LogP contribution is 2.29. The largest absolute Gasteiger partial charge is 0.356 e. The molecule has 2 heterocycles. The van der Waals surface area contributed by atoms with E-state index in [1.54, 1.807) is 11.3 Å². The second-order valence-corrected chi connectivity index (χ2v) is 6.68. The number of rotatable bonds is 5. The van der Waals surface area contributed by atoms with Gasteiger partial charge in [-0.1, -0.05) is 37.0 Å². The van der Waals surface area contributed by atoms with E-state index in [0.29, 0.717) is 0 Å². The van der Waals surface area contributed by atoms with Crippen molar-refractivity contribution in [1.29, 1.82) is 0 Å². The third-order valence-electron chi connectivity index (χ3n) is 3.95. The standard InChI is InChI=1S/C14H21N5S/c1-10-12(9-19(2)18-10)8-15-14-17-16-13(20-14)7-11-5-3-4-6-11/h9,11H,3-8H2,1-2H3,(H,15,17). The lowest BCUT2D eigenvalue weighted by Gasteiger charge is -2.03. The molecule has 0 aliphatic heterocycles. The zero-order chi connectivity index (χ0) is 13.9. The van der Waals surface area contributed by atoms with Crippen LogP contribution < -0.4 is 5.32 Å². The monoisotopic (exact) mass is 291 g/mol. The molecule has 6 heteroatoms. The summed E-state index contributed by atoms with van der Waals surface area (Å²) in [5.74, 6) is 0.830. The fourth-order valence-corrected chi connectivity index (χ4v) is 3.71. The van der Waals surface area contributed by atoms with Crippen LogP contribution in [0.25, 0.3) is 0 Å². The molecule has 0 amide bonds. The molecule has 1 aliphatic carbocycles. The van der Waals surface area contributed by atoms with Crippen molar-refractivity contribution >= 4 is 16.5 Å². The van der Waals surface area contributed by atoms with Crippen LogP contribution in [0.15, 0.2) is 6.20 Å². The van der Waals surface area contributed by atoms with Gasteiger partial charge in [-0.3, -0.25) is 4.68 Å². The van der Waals surface area contributed by atoms with Gasteiger partial charge in [-0.15, -0.1) is 10.2 Å². The van der Waals surface area contributed by atoms with Gasteiger partial charge >= 0.3 is 0 Å². The van der Waals surface area contributed by atoms with E-state index in [4.69, 9.17) is 0 Å². The third-order valence-corrected chi connectivity index (χ3v) is 4.85. The van der Waals surface area contributed by atoms with Crippen molar-refractivity contribution < 1.29 is 0 Å². The maximum Gasteiger partial charge on any atom is 0.205 e. The summed E-state index contributed by atoms with van der Waals surface area (Å²) in [6, 6.07) is 0. The Morgan fingerprint density at radius 3 is 2.85 bits per heavy atom. The minimum atomic E-state index is 0.762.